The molecule has 0 aliphatic heterocycles. The van der Waals surface area contributed by atoms with Gasteiger partial charge in [-0.05, 0) is 43.0 Å². The maximum absolute atomic E-state index is 14.0. The molecule has 1 N–H and O–H groups in total. The Kier molecular flexibility index (Phi) is 4.66. The van der Waals surface area contributed by atoms with Gasteiger partial charge in [0.05, 0.1) is 6.04 Å². The molecule has 2 rings (SSSR count). The Hall–Kier alpha value is -1.26. The fraction of sp³-hybridized carbons (Fsp3) is 0.333. The van der Waals surface area contributed by atoms with Crippen molar-refractivity contribution in [2.24, 2.45) is 0 Å². The maximum atomic E-state index is 14.0. The third-order valence-corrected chi connectivity index (χ3v) is 4.12. The second-order valence-electron chi connectivity index (χ2n) is 4.52. The van der Waals surface area contributed by atoms with Crippen LogP contribution >= 0.6 is 11.3 Å². The van der Waals surface area contributed by atoms with E-state index in [0.29, 0.717) is 5.56 Å². The Bertz CT molecular complexity index is 551. The first kappa shape index (κ1) is 14.2. The van der Waals surface area contributed by atoms with E-state index in [-0.39, 0.29) is 6.04 Å². The normalized spacial score (nSPS) is 12.6. The molecule has 0 aliphatic carbocycles. The molecule has 0 fully saturated rings. The molecule has 0 saturated carbocycles. The van der Waals surface area contributed by atoms with Crippen LogP contribution in [0.25, 0.3) is 0 Å². The Morgan fingerprint density at radius 1 is 1.26 bits per heavy atom. The predicted molar refractivity (Wildman–Crippen MR) is 75.6 cm³/mol. The molecule has 19 heavy (non-hydrogen) atoms. The molecule has 1 heterocycles. The number of halogens is 2. The predicted octanol–water partition coefficient (Wildman–Crippen LogP) is 4.42. The van der Waals surface area contributed by atoms with Gasteiger partial charge in [-0.25, -0.2) is 8.78 Å². The standard InChI is InChI=1S/C15H17F2NS/c1-3-7-18-14(15-10(2)6-8-19-15)12-5-4-11(16)9-13(12)17/h4-6,8-9,14,18H,3,7H2,1-2H3. The van der Waals surface area contributed by atoms with Crippen LogP contribution in [0.1, 0.15) is 35.4 Å². The van der Waals surface area contributed by atoms with Crippen LogP contribution in [0.4, 0.5) is 8.78 Å². The molecule has 102 valence electrons. The summed E-state index contributed by atoms with van der Waals surface area (Å²) in [5.74, 6) is -1.04. The Morgan fingerprint density at radius 2 is 2.05 bits per heavy atom. The minimum absolute atomic E-state index is 0.208. The van der Waals surface area contributed by atoms with E-state index in [9.17, 15) is 8.78 Å². The van der Waals surface area contributed by atoms with Gasteiger partial charge in [-0.2, -0.15) is 0 Å². The van der Waals surface area contributed by atoms with E-state index in [4.69, 9.17) is 0 Å². The molecule has 0 radical (unpaired) electrons. The third kappa shape index (κ3) is 3.19. The summed E-state index contributed by atoms with van der Waals surface area (Å²) in [6.45, 7) is 4.86. The highest BCUT2D eigenvalue weighted by Crippen LogP contribution is 2.31. The summed E-state index contributed by atoms with van der Waals surface area (Å²) in [4.78, 5) is 1.08. The molecule has 1 aromatic heterocycles. The molecule has 1 unspecified atom stereocenters. The van der Waals surface area contributed by atoms with Crippen molar-refractivity contribution in [1.82, 2.24) is 5.32 Å². The van der Waals surface area contributed by atoms with E-state index < -0.39 is 11.6 Å². The van der Waals surface area contributed by atoms with Crippen molar-refractivity contribution < 1.29 is 8.78 Å². The molecule has 0 saturated heterocycles. The topological polar surface area (TPSA) is 12.0 Å². The molecule has 1 aromatic carbocycles. The summed E-state index contributed by atoms with van der Waals surface area (Å²) in [7, 11) is 0. The monoisotopic (exact) mass is 281 g/mol. The molecular formula is C15H17F2NS. The van der Waals surface area contributed by atoms with Gasteiger partial charge in [0.1, 0.15) is 11.6 Å². The fourth-order valence-electron chi connectivity index (χ4n) is 2.05. The fourth-order valence-corrected chi connectivity index (χ4v) is 3.07. The van der Waals surface area contributed by atoms with E-state index in [2.05, 4.69) is 12.2 Å². The van der Waals surface area contributed by atoms with E-state index in [1.54, 1.807) is 11.3 Å². The van der Waals surface area contributed by atoms with Gasteiger partial charge in [0.2, 0.25) is 0 Å². The summed E-state index contributed by atoms with van der Waals surface area (Å²) in [6.07, 6.45) is 0.962. The molecule has 2 aromatic rings. The van der Waals surface area contributed by atoms with Gasteiger partial charge >= 0.3 is 0 Å². The zero-order chi connectivity index (χ0) is 13.8. The van der Waals surface area contributed by atoms with Crippen LogP contribution in [0.3, 0.4) is 0 Å². The number of rotatable bonds is 5. The third-order valence-electron chi connectivity index (χ3n) is 3.04. The number of hydrogen-bond acceptors (Lipinski definition) is 2. The minimum atomic E-state index is -0.543. The zero-order valence-electron chi connectivity index (χ0n) is 11.0. The lowest BCUT2D eigenvalue weighted by atomic mass is 10.0. The van der Waals surface area contributed by atoms with Crippen LogP contribution in [0, 0.1) is 18.6 Å². The van der Waals surface area contributed by atoms with Crippen LogP contribution in [-0.2, 0) is 0 Å². The van der Waals surface area contributed by atoms with Crippen LogP contribution in [0.2, 0.25) is 0 Å². The minimum Gasteiger partial charge on any atom is -0.306 e. The quantitative estimate of drug-likeness (QED) is 0.855. The lowest BCUT2D eigenvalue weighted by Gasteiger charge is -2.19. The van der Waals surface area contributed by atoms with Crippen molar-refractivity contribution in [3.8, 4) is 0 Å². The van der Waals surface area contributed by atoms with Gasteiger partial charge in [-0.15, -0.1) is 11.3 Å². The first-order valence-corrected chi connectivity index (χ1v) is 7.23. The van der Waals surface area contributed by atoms with Crippen molar-refractivity contribution >= 4 is 11.3 Å². The highest BCUT2D eigenvalue weighted by atomic mass is 32.1. The first-order valence-electron chi connectivity index (χ1n) is 6.35. The van der Waals surface area contributed by atoms with Gasteiger partial charge in [-0.1, -0.05) is 13.0 Å². The number of hydrogen-bond donors (Lipinski definition) is 1. The Labute approximate surface area is 116 Å². The molecule has 0 amide bonds. The summed E-state index contributed by atoms with van der Waals surface area (Å²) in [5, 5.41) is 5.33. The molecule has 1 nitrogen and oxygen atoms in total. The molecule has 0 bridgehead atoms. The number of nitrogens with one attached hydrogen (secondary N) is 1. The van der Waals surface area contributed by atoms with Gasteiger partial charge < -0.3 is 5.32 Å². The van der Waals surface area contributed by atoms with Gasteiger partial charge in [0, 0.05) is 16.5 Å². The number of benzene rings is 1. The van der Waals surface area contributed by atoms with Crippen LogP contribution in [0.5, 0.6) is 0 Å². The lowest BCUT2D eigenvalue weighted by Crippen LogP contribution is -2.24. The highest BCUT2D eigenvalue weighted by Gasteiger charge is 2.20. The molecule has 4 heteroatoms. The average Bonchev–Trinajstić information content (AvgIpc) is 2.78. The van der Waals surface area contributed by atoms with Crippen molar-refractivity contribution in [3.63, 3.8) is 0 Å². The van der Waals surface area contributed by atoms with Gasteiger partial charge in [0.15, 0.2) is 0 Å². The van der Waals surface area contributed by atoms with Gasteiger partial charge in [0.25, 0.3) is 0 Å². The lowest BCUT2D eigenvalue weighted by molar-refractivity contribution is 0.535. The van der Waals surface area contributed by atoms with E-state index in [1.165, 1.54) is 12.1 Å². The van der Waals surface area contributed by atoms with Crippen LogP contribution in [-0.4, -0.2) is 6.54 Å². The van der Waals surface area contributed by atoms with Crippen molar-refractivity contribution in [2.75, 3.05) is 6.54 Å². The van der Waals surface area contributed by atoms with E-state index in [0.717, 1.165) is 29.5 Å². The van der Waals surface area contributed by atoms with Crippen LogP contribution in [0.15, 0.2) is 29.6 Å². The first-order chi connectivity index (χ1) is 9.13. The Balaban J connectivity index is 2.40. The molecule has 0 spiro atoms. The summed E-state index contributed by atoms with van der Waals surface area (Å²) >= 11 is 1.59. The van der Waals surface area contributed by atoms with Gasteiger partial charge in [-0.3, -0.25) is 0 Å². The average molecular weight is 281 g/mol. The van der Waals surface area contributed by atoms with E-state index >= 15 is 0 Å². The molecular weight excluding hydrogens is 264 g/mol. The largest absolute Gasteiger partial charge is 0.306 e. The highest BCUT2D eigenvalue weighted by molar-refractivity contribution is 7.10. The van der Waals surface area contributed by atoms with Crippen molar-refractivity contribution in [1.29, 1.82) is 0 Å². The summed E-state index contributed by atoms with van der Waals surface area (Å²) in [6, 6.07) is 5.58. The summed E-state index contributed by atoms with van der Waals surface area (Å²) in [5.41, 5.74) is 1.63. The smallest absolute Gasteiger partial charge is 0.131 e. The SMILES string of the molecule is CCCNC(c1ccc(F)cc1F)c1sccc1C. The second kappa shape index (κ2) is 6.26. The molecule has 0 aliphatic rings. The second-order valence-corrected chi connectivity index (χ2v) is 5.47. The van der Waals surface area contributed by atoms with Crippen molar-refractivity contribution in [2.45, 2.75) is 26.3 Å². The maximum Gasteiger partial charge on any atom is 0.131 e. The van der Waals surface area contributed by atoms with E-state index in [1.807, 2.05) is 18.4 Å². The molecule has 1 atom stereocenters. The number of aryl methyl sites for hydroxylation is 1. The number of thiophene rings is 1. The Morgan fingerprint density at radius 3 is 2.63 bits per heavy atom. The zero-order valence-corrected chi connectivity index (χ0v) is 11.9. The van der Waals surface area contributed by atoms with Crippen LogP contribution < -0.4 is 5.32 Å². The summed E-state index contributed by atoms with van der Waals surface area (Å²) < 4.78 is 27.0. The van der Waals surface area contributed by atoms with Crippen molar-refractivity contribution in [3.05, 3.63) is 57.3 Å².